The number of carbonyl (C=O) groups excluding carboxylic acids is 1. The number of hydrogen-bond acceptors (Lipinski definition) is 4. The summed E-state index contributed by atoms with van der Waals surface area (Å²) in [5, 5.41) is 21.0. The molecule has 0 aliphatic heterocycles. The topological polar surface area (TPSA) is 69.9 Å². The van der Waals surface area contributed by atoms with Gasteiger partial charge in [0, 0.05) is 5.56 Å². The van der Waals surface area contributed by atoms with Gasteiger partial charge >= 0.3 is 0 Å². The highest BCUT2D eigenvalue weighted by Crippen LogP contribution is 2.29. The minimum atomic E-state index is -0.166. The van der Waals surface area contributed by atoms with Crippen molar-refractivity contribution in [2.75, 3.05) is 0 Å². The summed E-state index contributed by atoms with van der Waals surface area (Å²) in [6.45, 7) is 5.98. The Hall–Kier alpha value is -1.84. The zero-order valence-electron chi connectivity index (χ0n) is 9.56. The highest BCUT2D eigenvalue weighted by Gasteiger charge is 2.17. The summed E-state index contributed by atoms with van der Waals surface area (Å²) in [7, 11) is 0. The van der Waals surface area contributed by atoms with Crippen LogP contribution in [0.2, 0.25) is 0 Å². The molecule has 0 bridgehead atoms. The minimum Gasteiger partial charge on any atom is -0.507 e. The van der Waals surface area contributed by atoms with E-state index in [0.29, 0.717) is 11.8 Å². The van der Waals surface area contributed by atoms with Gasteiger partial charge in [-0.3, -0.25) is 4.79 Å². The quantitative estimate of drug-likeness (QED) is 0.348. The number of aldehydes is 1. The highest BCUT2D eigenvalue weighted by atomic mass is 16.4. The van der Waals surface area contributed by atoms with Crippen molar-refractivity contribution in [1.82, 2.24) is 0 Å². The molecule has 1 rings (SSSR count). The minimum absolute atomic E-state index is 0.149. The largest absolute Gasteiger partial charge is 0.507 e. The molecule has 1 aromatic carbocycles. The van der Waals surface area contributed by atoms with Crippen LogP contribution in [0.5, 0.6) is 5.75 Å². The van der Waals surface area contributed by atoms with Crippen molar-refractivity contribution in [1.29, 1.82) is 0 Å². The monoisotopic (exact) mass is 221 g/mol. The molecule has 0 saturated carbocycles. The molecule has 0 spiro atoms. The lowest BCUT2D eigenvalue weighted by atomic mass is 9.85. The van der Waals surface area contributed by atoms with Crippen molar-refractivity contribution in [2.24, 2.45) is 5.16 Å². The predicted molar refractivity (Wildman–Crippen MR) is 61.6 cm³/mol. The standard InChI is InChI=1S/C12H15NO3/c1-12(2,3)10-4-8(6-13-16)11(15)9(5-10)7-14/h4-7,15-16H,1-3H3/b13-6-. The first kappa shape index (κ1) is 12.2. The van der Waals surface area contributed by atoms with E-state index < -0.39 is 0 Å². The summed E-state index contributed by atoms with van der Waals surface area (Å²) in [6, 6.07) is 3.33. The fourth-order valence-electron chi connectivity index (χ4n) is 1.36. The highest BCUT2D eigenvalue weighted by molar-refractivity contribution is 5.90. The average Bonchev–Trinajstić information content (AvgIpc) is 2.19. The van der Waals surface area contributed by atoms with E-state index in [9.17, 15) is 9.90 Å². The van der Waals surface area contributed by atoms with Crippen molar-refractivity contribution in [3.8, 4) is 5.75 Å². The number of hydrogen-bond donors (Lipinski definition) is 2. The number of nitrogens with zero attached hydrogens (tertiary/aromatic N) is 1. The molecule has 0 radical (unpaired) electrons. The average molecular weight is 221 g/mol. The van der Waals surface area contributed by atoms with Gasteiger partial charge in [-0.05, 0) is 23.1 Å². The number of benzene rings is 1. The molecule has 0 aliphatic rings. The van der Waals surface area contributed by atoms with Gasteiger partial charge in [-0.25, -0.2) is 0 Å². The van der Waals surface area contributed by atoms with Gasteiger partial charge in [0.05, 0.1) is 11.8 Å². The van der Waals surface area contributed by atoms with Crippen LogP contribution < -0.4 is 0 Å². The van der Waals surface area contributed by atoms with Crippen LogP contribution >= 0.6 is 0 Å². The first-order valence-corrected chi connectivity index (χ1v) is 4.90. The zero-order valence-corrected chi connectivity index (χ0v) is 9.56. The van der Waals surface area contributed by atoms with E-state index >= 15 is 0 Å². The summed E-state index contributed by atoms with van der Waals surface area (Å²) >= 11 is 0. The SMILES string of the molecule is CC(C)(C)c1cc(C=O)c(O)c(/C=N\O)c1. The van der Waals surface area contributed by atoms with Gasteiger partial charge in [0.15, 0.2) is 6.29 Å². The van der Waals surface area contributed by atoms with Gasteiger partial charge in [0.25, 0.3) is 0 Å². The first-order valence-electron chi connectivity index (χ1n) is 4.90. The van der Waals surface area contributed by atoms with Crippen molar-refractivity contribution in [2.45, 2.75) is 26.2 Å². The zero-order chi connectivity index (χ0) is 12.3. The fraction of sp³-hybridized carbons (Fsp3) is 0.333. The molecule has 1 aromatic rings. The molecule has 0 saturated heterocycles. The van der Waals surface area contributed by atoms with Crippen LogP contribution in [0.15, 0.2) is 17.3 Å². The predicted octanol–water partition coefficient (Wildman–Crippen LogP) is 2.31. The maximum Gasteiger partial charge on any atom is 0.153 e. The summed E-state index contributed by atoms with van der Waals surface area (Å²) in [4.78, 5) is 10.8. The van der Waals surface area contributed by atoms with Gasteiger partial charge in [0.1, 0.15) is 5.75 Å². The summed E-state index contributed by atoms with van der Waals surface area (Å²) in [5.74, 6) is -0.166. The maximum atomic E-state index is 10.8. The molecule has 0 aromatic heterocycles. The molecule has 86 valence electrons. The molecule has 0 unspecified atom stereocenters. The van der Waals surface area contributed by atoms with Crippen molar-refractivity contribution < 1.29 is 15.1 Å². The molecule has 4 heteroatoms. The van der Waals surface area contributed by atoms with Crippen LogP contribution in [0.3, 0.4) is 0 Å². The Kier molecular flexibility index (Phi) is 3.32. The molecular weight excluding hydrogens is 206 g/mol. The van der Waals surface area contributed by atoms with E-state index in [1.54, 1.807) is 12.1 Å². The van der Waals surface area contributed by atoms with E-state index in [1.165, 1.54) is 0 Å². The van der Waals surface area contributed by atoms with E-state index in [-0.39, 0.29) is 16.7 Å². The first-order chi connectivity index (χ1) is 7.40. The molecule has 0 amide bonds. The van der Waals surface area contributed by atoms with Gasteiger partial charge in [-0.2, -0.15) is 0 Å². The molecule has 0 fully saturated rings. The molecule has 0 aliphatic carbocycles. The van der Waals surface area contributed by atoms with Gasteiger partial charge in [-0.1, -0.05) is 25.9 Å². The van der Waals surface area contributed by atoms with Crippen LogP contribution in [-0.4, -0.2) is 22.8 Å². The molecule has 4 nitrogen and oxygen atoms in total. The van der Waals surface area contributed by atoms with Gasteiger partial charge < -0.3 is 10.3 Å². The lowest BCUT2D eigenvalue weighted by Gasteiger charge is -2.20. The number of phenols is 1. The van der Waals surface area contributed by atoms with Crippen LogP contribution in [0, 0.1) is 0 Å². The van der Waals surface area contributed by atoms with E-state index in [4.69, 9.17) is 5.21 Å². The van der Waals surface area contributed by atoms with E-state index in [0.717, 1.165) is 11.8 Å². The number of aromatic hydroxyl groups is 1. The van der Waals surface area contributed by atoms with Crippen molar-refractivity contribution in [3.63, 3.8) is 0 Å². The Labute approximate surface area is 94.2 Å². The fourth-order valence-corrected chi connectivity index (χ4v) is 1.36. The second kappa shape index (κ2) is 4.35. The Morgan fingerprint density at radius 2 is 1.81 bits per heavy atom. The number of oxime groups is 1. The Bertz CT molecular complexity index is 431. The number of rotatable bonds is 2. The molecule has 0 atom stereocenters. The van der Waals surface area contributed by atoms with Gasteiger partial charge in [0.2, 0.25) is 0 Å². The van der Waals surface area contributed by atoms with Crippen LogP contribution in [0.4, 0.5) is 0 Å². The second-order valence-electron chi connectivity index (χ2n) is 4.62. The summed E-state index contributed by atoms with van der Waals surface area (Å²) in [6.07, 6.45) is 1.69. The molecular formula is C12H15NO3. The van der Waals surface area contributed by atoms with Crippen LogP contribution in [0.25, 0.3) is 0 Å². The third kappa shape index (κ3) is 2.39. The Morgan fingerprint density at radius 3 is 2.25 bits per heavy atom. The van der Waals surface area contributed by atoms with Crippen molar-refractivity contribution in [3.05, 3.63) is 28.8 Å². The maximum absolute atomic E-state index is 10.8. The molecule has 16 heavy (non-hydrogen) atoms. The normalized spacial score (nSPS) is 11.9. The van der Waals surface area contributed by atoms with Crippen LogP contribution in [0.1, 0.15) is 42.3 Å². The third-order valence-corrected chi connectivity index (χ3v) is 2.36. The Balaban J connectivity index is 3.46. The van der Waals surface area contributed by atoms with Gasteiger partial charge in [-0.15, -0.1) is 0 Å². The number of carbonyl (C=O) groups is 1. The van der Waals surface area contributed by atoms with E-state index in [1.807, 2.05) is 20.8 Å². The summed E-state index contributed by atoms with van der Waals surface area (Å²) < 4.78 is 0. The lowest BCUT2D eigenvalue weighted by molar-refractivity contribution is 0.112. The summed E-state index contributed by atoms with van der Waals surface area (Å²) in [5.41, 5.74) is 1.27. The van der Waals surface area contributed by atoms with E-state index in [2.05, 4.69) is 5.16 Å². The van der Waals surface area contributed by atoms with Crippen molar-refractivity contribution >= 4 is 12.5 Å². The number of phenolic OH excluding ortho intramolecular Hbond substituents is 1. The third-order valence-electron chi connectivity index (χ3n) is 2.36. The molecule has 2 N–H and O–H groups in total. The second-order valence-corrected chi connectivity index (χ2v) is 4.62. The van der Waals surface area contributed by atoms with Crippen LogP contribution in [-0.2, 0) is 5.41 Å². The lowest BCUT2D eigenvalue weighted by Crippen LogP contribution is -2.12. The smallest absolute Gasteiger partial charge is 0.153 e. The Morgan fingerprint density at radius 1 is 1.25 bits per heavy atom. The molecule has 0 heterocycles.